The molecule has 13 heteroatoms. The number of carbonyl (C=O) groups excluding carboxylic acids is 1. The number of nitrogens with one attached hydrogen (secondary N) is 1. The van der Waals surface area contributed by atoms with Gasteiger partial charge in [0.25, 0.3) is 5.91 Å². The van der Waals surface area contributed by atoms with E-state index in [1.54, 1.807) is 36.7 Å². The number of carbonyl (C=O) groups is 2. The lowest BCUT2D eigenvalue weighted by Gasteiger charge is -2.36. The van der Waals surface area contributed by atoms with Gasteiger partial charge in [-0.05, 0) is 43.2 Å². The van der Waals surface area contributed by atoms with Gasteiger partial charge in [0, 0.05) is 49.0 Å². The molecular weight excluding hydrogens is 501 g/mol. The van der Waals surface area contributed by atoms with E-state index in [-0.39, 0.29) is 5.91 Å². The highest BCUT2D eigenvalue weighted by molar-refractivity contribution is 6.30. The van der Waals surface area contributed by atoms with Crippen LogP contribution in [0.2, 0.25) is 5.02 Å². The topological polar surface area (TPSA) is 112 Å². The lowest BCUT2D eigenvalue weighted by atomic mass is 10.2. The molecule has 9 nitrogen and oxygen atoms in total. The molecule has 36 heavy (non-hydrogen) atoms. The number of carboxylic acid groups (broad SMARTS) is 1. The molecule has 1 aromatic carbocycles. The molecule has 190 valence electrons. The van der Waals surface area contributed by atoms with Crippen molar-refractivity contribution in [2.45, 2.75) is 25.1 Å². The molecule has 1 saturated carbocycles. The largest absolute Gasteiger partial charge is 0.490 e. The number of pyridine rings is 1. The molecule has 0 bridgehead atoms. The number of rotatable bonds is 4. The highest BCUT2D eigenvalue weighted by atomic mass is 35.5. The van der Waals surface area contributed by atoms with Crippen molar-refractivity contribution < 1.29 is 27.9 Å². The number of fused-ring (bicyclic) bond motifs is 1. The van der Waals surface area contributed by atoms with Crippen LogP contribution >= 0.6 is 11.6 Å². The van der Waals surface area contributed by atoms with Crippen LogP contribution in [0.5, 0.6) is 0 Å². The second-order valence-electron chi connectivity index (χ2n) is 8.27. The fourth-order valence-electron chi connectivity index (χ4n) is 3.53. The minimum absolute atomic E-state index is 0.0355. The molecule has 5 rings (SSSR count). The number of aliphatic carboxylic acids is 1. The molecule has 3 aromatic rings. The van der Waals surface area contributed by atoms with Gasteiger partial charge in [-0.25, -0.2) is 14.8 Å². The molecule has 0 radical (unpaired) electrons. The van der Waals surface area contributed by atoms with Crippen molar-refractivity contribution in [2.75, 3.05) is 36.4 Å². The summed E-state index contributed by atoms with van der Waals surface area (Å²) < 4.78 is 31.7. The van der Waals surface area contributed by atoms with E-state index < -0.39 is 12.1 Å². The van der Waals surface area contributed by atoms with Gasteiger partial charge in [-0.3, -0.25) is 9.78 Å². The summed E-state index contributed by atoms with van der Waals surface area (Å²) in [4.78, 5) is 39.5. The minimum Gasteiger partial charge on any atom is -0.475 e. The van der Waals surface area contributed by atoms with E-state index in [4.69, 9.17) is 31.5 Å². The number of anilines is 2. The van der Waals surface area contributed by atoms with E-state index in [2.05, 4.69) is 15.2 Å². The van der Waals surface area contributed by atoms with E-state index in [1.807, 2.05) is 11.0 Å². The molecule has 1 aliphatic carbocycles. The van der Waals surface area contributed by atoms with Crippen molar-refractivity contribution in [3.63, 3.8) is 0 Å². The average molecular weight is 523 g/mol. The van der Waals surface area contributed by atoms with Crippen molar-refractivity contribution >= 4 is 46.1 Å². The fraction of sp³-hybridized carbons (Fsp3) is 0.348. The first-order valence-electron chi connectivity index (χ1n) is 11.1. The van der Waals surface area contributed by atoms with E-state index >= 15 is 0 Å². The monoisotopic (exact) mass is 522 g/mol. The van der Waals surface area contributed by atoms with Gasteiger partial charge < -0.3 is 20.2 Å². The lowest BCUT2D eigenvalue weighted by molar-refractivity contribution is -0.192. The van der Waals surface area contributed by atoms with Crippen molar-refractivity contribution in [1.82, 2.24) is 19.9 Å². The number of hydrogen-bond acceptors (Lipinski definition) is 7. The zero-order valence-corrected chi connectivity index (χ0v) is 19.6. The smallest absolute Gasteiger partial charge is 0.475 e. The molecule has 0 unspecified atom stereocenters. The normalized spacial score (nSPS) is 15.8. The SMILES string of the molecule is O=C(O)C(F)(F)F.O=C(c1ccc(Cl)cc1)N1CCN(c2nc3ccncc3nc2NC2CC2)CC1. The van der Waals surface area contributed by atoms with Crippen molar-refractivity contribution in [3.05, 3.63) is 53.3 Å². The first kappa shape index (κ1) is 25.4. The van der Waals surface area contributed by atoms with Crippen LogP contribution in [0.15, 0.2) is 42.7 Å². The van der Waals surface area contributed by atoms with Crippen LogP contribution in [0.25, 0.3) is 11.0 Å². The van der Waals surface area contributed by atoms with Crippen LogP contribution in [-0.4, -0.2) is 75.2 Å². The summed E-state index contributed by atoms with van der Waals surface area (Å²) in [5.74, 6) is -1.06. The summed E-state index contributed by atoms with van der Waals surface area (Å²) in [6.07, 6.45) is 0.718. The first-order chi connectivity index (χ1) is 17.1. The highest BCUT2D eigenvalue weighted by Crippen LogP contribution is 2.31. The third-order valence-corrected chi connectivity index (χ3v) is 5.82. The summed E-state index contributed by atoms with van der Waals surface area (Å²) >= 11 is 5.93. The molecule has 1 amide bonds. The highest BCUT2D eigenvalue weighted by Gasteiger charge is 2.38. The van der Waals surface area contributed by atoms with Crippen LogP contribution in [0.1, 0.15) is 23.2 Å². The second-order valence-corrected chi connectivity index (χ2v) is 8.70. The third-order valence-electron chi connectivity index (χ3n) is 5.57. The average Bonchev–Trinajstić information content (AvgIpc) is 3.68. The zero-order chi connectivity index (χ0) is 25.9. The zero-order valence-electron chi connectivity index (χ0n) is 18.9. The van der Waals surface area contributed by atoms with Gasteiger partial charge in [-0.15, -0.1) is 0 Å². The molecule has 0 spiro atoms. The molecule has 2 N–H and O–H groups in total. The Morgan fingerprint density at radius 3 is 2.22 bits per heavy atom. The molecule has 1 saturated heterocycles. The quantitative estimate of drug-likeness (QED) is 0.531. The predicted octanol–water partition coefficient (Wildman–Crippen LogP) is 3.85. The maximum Gasteiger partial charge on any atom is 0.490 e. The predicted molar refractivity (Wildman–Crippen MR) is 127 cm³/mol. The number of aromatic nitrogens is 3. The number of alkyl halides is 3. The minimum atomic E-state index is -5.08. The molecule has 0 atom stereocenters. The van der Waals surface area contributed by atoms with E-state index in [1.165, 1.54) is 0 Å². The Labute approximate surface area is 208 Å². The van der Waals surface area contributed by atoms with Crippen molar-refractivity contribution in [1.29, 1.82) is 0 Å². The number of nitrogens with zero attached hydrogens (tertiary/aromatic N) is 5. The van der Waals surface area contributed by atoms with E-state index in [0.29, 0.717) is 42.8 Å². The van der Waals surface area contributed by atoms with Crippen LogP contribution in [0.3, 0.4) is 0 Å². The van der Waals surface area contributed by atoms with Crippen molar-refractivity contribution in [2.24, 2.45) is 0 Å². The summed E-state index contributed by atoms with van der Waals surface area (Å²) in [6.45, 7) is 2.70. The third kappa shape index (κ3) is 6.30. The summed E-state index contributed by atoms with van der Waals surface area (Å²) in [7, 11) is 0. The Morgan fingerprint density at radius 1 is 1.00 bits per heavy atom. The Morgan fingerprint density at radius 2 is 1.64 bits per heavy atom. The summed E-state index contributed by atoms with van der Waals surface area (Å²) in [5, 5.41) is 11.3. The van der Waals surface area contributed by atoms with Gasteiger partial charge >= 0.3 is 12.1 Å². The van der Waals surface area contributed by atoms with Gasteiger partial charge in [0.2, 0.25) is 0 Å². The second kappa shape index (κ2) is 10.5. The number of hydrogen-bond donors (Lipinski definition) is 2. The molecule has 2 aromatic heterocycles. The number of halogens is 4. The van der Waals surface area contributed by atoms with Crippen LogP contribution in [0, 0.1) is 0 Å². The van der Waals surface area contributed by atoms with Gasteiger partial charge in [-0.2, -0.15) is 13.2 Å². The van der Waals surface area contributed by atoms with E-state index in [9.17, 15) is 18.0 Å². The summed E-state index contributed by atoms with van der Waals surface area (Å²) in [6, 6.07) is 9.41. The van der Waals surface area contributed by atoms with Gasteiger partial charge in [-0.1, -0.05) is 11.6 Å². The van der Waals surface area contributed by atoms with Crippen LogP contribution in [-0.2, 0) is 4.79 Å². The van der Waals surface area contributed by atoms with E-state index in [0.717, 1.165) is 35.5 Å². The fourth-order valence-corrected chi connectivity index (χ4v) is 3.66. The molecule has 2 fully saturated rings. The van der Waals surface area contributed by atoms with Crippen molar-refractivity contribution in [3.8, 4) is 0 Å². The molecule has 2 aliphatic rings. The Kier molecular flexibility index (Phi) is 7.43. The lowest BCUT2D eigenvalue weighted by Crippen LogP contribution is -2.49. The number of benzene rings is 1. The Hall–Kier alpha value is -3.67. The van der Waals surface area contributed by atoms with Gasteiger partial charge in [0.1, 0.15) is 5.52 Å². The number of amides is 1. The van der Waals surface area contributed by atoms with Crippen LogP contribution in [0.4, 0.5) is 24.8 Å². The first-order valence-corrected chi connectivity index (χ1v) is 11.5. The summed E-state index contributed by atoms with van der Waals surface area (Å²) in [5.41, 5.74) is 2.28. The molecular formula is C23H22ClF3N6O3. The maximum absolute atomic E-state index is 12.8. The van der Waals surface area contributed by atoms with Crippen LogP contribution < -0.4 is 10.2 Å². The molecule has 1 aliphatic heterocycles. The maximum atomic E-state index is 12.8. The Balaban J connectivity index is 0.000000384. The van der Waals surface area contributed by atoms with Gasteiger partial charge in [0.05, 0.1) is 11.7 Å². The Bertz CT molecular complexity index is 1250. The van der Waals surface area contributed by atoms with Gasteiger partial charge in [0.15, 0.2) is 11.6 Å². The standard InChI is InChI=1S/C21H21ClN6O.C2HF3O2/c22-15-3-1-14(2-4-15)21(29)28-11-9-27(10-12-28)20-19(24-16-5-6-16)25-18-13-23-8-7-17(18)26-20;3-2(4,5)1(6)7/h1-4,7-8,13,16H,5-6,9-12H2,(H,24,25);(H,6,7). The molecule has 3 heterocycles. The number of piperazine rings is 1. The number of carboxylic acids is 1.